The summed E-state index contributed by atoms with van der Waals surface area (Å²) in [4.78, 5) is 40.0. The Labute approximate surface area is 156 Å². The summed E-state index contributed by atoms with van der Waals surface area (Å²) >= 11 is 0. The first kappa shape index (κ1) is 22.2. The van der Waals surface area contributed by atoms with Gasteiger partial charge < -0.3 is 15.3 Å². The van der Waals surface area contributed by atoms with Crippen molar-refractivity contribution in [1.82, 2.24) is 15.1 Å². The third-order valence-corrected chi connectivity index (χ3v) is 4.86. The van der Waals surface area contributed by atoms with E-state index in [4.69, 9.17) is 5.11 Å². The van der Waals surface area contributed by atoms with Gasteiger partial charge in [-0.25, -0.2) is 4.79 Å². The molecule has 7 nitrogen and oxygen atoms in total. The minimum absolute atomic E-state index is 0.119. The van der Waals surface area contributed by atoms with Crippen LogP contribution in [0.15, 0.2) is 11.6 Å². The summed E-state index contributed by atoms with van der Waals surface area (Å²) in [5.41, 5.74) is -0.274. The Morgan fingerprint density at radius 1 is 1.31 bits per heavy atom. The van der Waals surface area contributed by atoms with Crippen molar-refractivity contribution in [1.29, 1.82) is 0 Å². The highest BCUT2D eigenvalue weighted by Gasteiger charge is 2.37. The van der Waals surface area contributed by atoms with E-state index in [1.807, 2.05) is 32.7 Å². The molecule has 0 aromatic carbocycles. The van der Waals surface area contributed by atoms with Gasteiger partial charge >= 0.3 is 5.97 Å². The topological polar surface area (TPSA) is 90.0 Å². The summed E-state index contributed by atoms with van der Waals surface area (Å²) in [7, 11) is 3.55. The van der Waals surface area contributed by atoms with E-state index in [2.05, 4.69) is 5.32 Å². The van der Waals surface area contributed by atoms with Crippen LogP contribution in [0.25, 0.3) is 0 Å². The minimum atomic E-state index is -1.01. The molecule has 0 aliphatic carbocycles. The maximum absolute atomic E-state index is 12.9. The molecular formula is C19H33N3O4. The molecule has 0 aromatic rings. The Morgan fingerprint density at radius 2 is 1.92 bits per heavy atom. The van der Waals surface area contributed by atoms with Crippen LogP contribution in [0.4, 0.5) is 0 Å². The maximum Gasteiger partial charge on any atom is 0.331 e. The summed E-state index contributed by atoms with van der Waals surface area (Å²) in [6.07, 6.45) is 4.39. The number of piperidine rings is 1. The third-order valence-electron chi connectivity index (χ3n) is 4.86. The van der Waals surface area contributed by atoms with Gasteiger partial charge in [-0.1, -0.05) is 33.3 Å². The summed E-state index contributed by atoms with van der Waals surface area (Å²) < 4.78 is 0. The number of hydrogen-bond acceptors (Lipinski definition) is 4. The van der Waals surface area contributed by atoms with E-state index in [1.165, 1.54) is 17.9 Å². The molecule has 2 amide bonds. The quantitative estimate of drug-likeness (QED) is 0.694. The highest BCUT2D eigenvalue weighted by Crippen LogP contribution is 2.22. The molecule has 1 aliphatic heterocycles. The number of amides is 2. The van der Waals surface area contributed by atoms with Crippen molar-refractivity contribution in [3.8, 4) is 0 Å². The molecule has 0 saturated carbocycles. The SMILES string of the molecule is CC(=CCN(C)C(=O)[C@H](NC(=O)[C@@H]1CCCCN1C)C(C)(C)C)C(=O)O. The minimum Gasteiger partial charge on any atom is -0.478 e. The zero-order valence-electron chi connectivity index (χ0n) is 16.8. The predicted molar refractivity (Wildman–Crippen MR) is 101 cm³/mol. The highest BCUT2D eigenvalue weighted by atomic mass is 16.4. The zero-order valence-corrected chi connectivity index (χ0v) is 16.8. The fourth-order valence-electron chi connectivity index (χ4n) is 2.97. The summed E-state index contributed by atoms with van der Waals surface area (Å²) in [5, 5.41) is 11.9. The van der Waals surface area contributed by atoms with Gasteiger partial charge in [-0.05, 0) is 38.8 Å². The van der Waals surface area contributed by atoms with Crippen LogP contribution >= 0.6 is 0 Å². The number of rotatable bonds is 6. The van der Waals surface area contributed by atoms with Crippen LogP contribution in [-0.4, -0.2) is 72.0 Å². The molecule has 0 aromatic heterocycles. The number of nitrogens with zero attached hydrogens (tertiary/aromatic N) is 2. The van der Waals surface area contributed by atoms with E-state index in [0.717, 1.165) is 25.8 Å². The Bertz CT molecular complexity index is 566. The standard InChI is InChI=1S/C19H33N3O4/c1-13(18(25)26)10-12-22(6)17(24)15(19(2,3)4)20-16(23)14-9-7-8-11-21(14)5/h10,14-15H,7-9,11-12H2,1-6H3,(H,20,23)(H,25,26)/t14-,15-/m0/s1. The Hall–Kier alpha value is -1.89. The molecule has 1 heterocycles. The van der Waals surface area contributed by atoms with Crippen molar-refractivity contribution < 1.29 is 19.5 Å². The number of carboxylic acids is 1. The van der Waals surface area contributed by atoms with Gasteiger partial charge in [0.15, 0.2) is 0 Å². The number of hydrogen-bond donors (Lipinski definition) is 2. The van der Waals surface area contributed by atoms with Crippen LogP contribution in [0.2, 0.25) is 0 Å². The number of aliphatic carboxylic acids is 1. The van der Waals surface area contributed by atoms with E-state index in [-0.39, 0.29) is 30.0 Å². The normalized spacial score (nSPS) is 20.4. The van der Waals surface area contributed by atoms with Crippen LogP contribution < -0.4 is 5.32 Å². The van der Waals surface area contributed by atoms with E-state index >= 15 is 0 Å². The fourth-order valence-corrected chi connectivity index (χ4v) is 2.97. The molecule has 0 bridgehead atoms. The van der Waals surface area contributed by atoms with Crippen LogP contribution in [0.1, 0.15) is 47.0 Å². The molecule has 1 rings (SSSR count). The fraction of sp³-hybridized carbons (Fsp3) is 0.737. The van der Waals surface area contributed by atoms with Gasteiger partial charge in [0.05, 0.1) is 6.04 Å². The van der Waals surface area contributed by atoms with Crippen molar-refractivity contribution in [3.05, 3.63) is 11.6 Å². The van der Waals surface area contributed by atoms with Crippen LogP contribution in [-0.2, 0) is 14.4 Å². The second-order valence-electron chi connectivity index (χ2n) is 8.21. The lowest BCUT2D eigenvalue weighted by molar-refractivity contribution is -0.139. The average molecular weight is 367 g/mol. The van der Waals surface area contributed by atoms with E-state index in [0.29, 0.717) is 0 Å². The average Bonchev–Trinajstić information content (AvgIpc) is 2.55. The lowest BCUT2D eigenvalue weighted by Gasteiger charge is -2.37. The second kappa shape index (κ2) is 9.16. The lowest BCUT2D eigenvalue weighted by atomic mass is 9.85. The van der Waals surface area contributed by atoms with Gasteiger partial charge in [-0.3, -0.25) is 14.5 Å². The molecule has 0 unspecified atom stereocenters. The predicted octanol–water partition coefficient (Wildman–Crippen LogP) is 1.49. The second-order valence-corrected chi connectivity index (χ2v) is 8.21. The van der Waals surface area contributed by atoms with Crippen molar-refractivity contribution >= 4 is 17.8 Å². The Kier molecular flexibility index (Phi) is 7.81. The third kappa shape index (κ3) is 6.12. The van der Waals surface area contributed by atoms with Crippen LogP contribution in [0, 0.1) is 5.41 Å². The monoisotopic (exact) mass is 367 g/mol. The smallest absolute Gasteiger partial charge is 0.331 e. The van der Waals surface area contributed by atoms with Gasteiger partial charge in [0, 0.05) is 19.2 Å². The molecule has 2 N–H and O–H groups in total. The molecule has 2 atom stereocenters. The molecule has 0 spiro atoms. The Balaban J connectivity index is 2.85. The van der Waals surface area contributed by atoms with Gasteiger partial charge in [0.1, 0.15) is 6.04 Å². The number of likely N-dealkylation sites (N-methyl/N-ethyl adjacent to an activating group) is 2. The van der Waals surface area contributed by atoms with Gasteiger partial charge in [0.2, 0.25) is 11.8 Å². The first-order valence-corrected chi connectivity index (χ1v) is 9.10. The van der Waals surface area contributed by atoms with E-state index < -0.39 is 17.4 Å². The van der Waals surface area contributed by atoms with Crippen molar-refractivity contribution in [3.63, 3.8) is 0 Å². The van der Waals surface area contributed by atoms with Gasteiger partial charge in [-0.2, -0.15) is 0 Å². The number of nitrogens with one attached hydrogen (secondary N) is 1. The molecule has 148 valence electrons. The van der Waals surface area contributed by atoms with Gasteiger partial charge in [0.25, 0.3) is 0 Å². The van der Waals surface area contributed by atoms with E-state index in [9.17, 15) is 14.4 Å². The van der Waals surface area contributed by atoms with Crippen molar-refractivity contribution in [2.75, 3.05) is 27.2 Å². The highest BCUT2D eigenvalue weighted by molar-refractivity contribution is 5.90. The first-order valence-electron chi connectivity index (χ1n) is 9.10. The largest absolute Gasteiger partial charge is 0.478 e. The van der Waals surface area contributed by atoms with Crippen molar-refractivity contribution in [2.24, 2.45) is 5.41 Å². The zero-order chi connectivity index (χ0) is 20.1. The molecule has 0 radical (unpaired) electrons. The van der Waals surface area contributed by atoms with Gasteiger partial charge in [-0.15, -0.1) is 0 Å². The number of likely N-dealkylation sites (tertiary alicyclic amines) is 1. The first-order chi connectivity index (χ1) is 11.9. The molecule has 1 aliphatic rings. The summed E-state index contributed by atoms with van der Waals surface area (Å²) in [6.45, 7) is 8.28. The summed E-state index contributed by atoms with van der Waals surface area (Å²) in [5.74, 6) is -1.35. The van der Waals surface area contributed by atoms with Crippen LogP contribution in [0.3, 0.4) is 0 Å². The maximum atomic E-state index is 12.9. The van der Waals surface area contributed by atoms with E-state index in [1.54, 1.807) is 7.05 Å². The molecule has 26 heavy (non-hydrogen) atoms. The molecule has 7 heteroatoms. The lowest BCUT2D eigenvalue weighted by Crippen LogP contribution is -2.58. The molecule has 1 fully saturated rings. The molecular weight excluding hydrogens is 334 g/mol. The van der Waals surface area contributed by atoms with Crippen LogP contribution in [0.5, 0.6) is 0 Å². The number of carboxylic acid groups (broad SMARTS) is 1. The molecule has 1 saturated heterocycles. The Morgan fingerprint density at radius 3 is 2.42 bits per heavy atom. The summed E-state index contributed by atoms with van der Waals surface area (Å²) in [6, 6.07) is -0.880. The van der Waals surface area contributed by atoms with Crippen molar-refractivity contribution in [2.45, 2.75) is 59.0 Å². The number of carbonyl (C=O) groups excluding carboxylic acids is 2. The number of carbonyl (C=O) groups is 3.